The van der Waals surface area contributed by atoms with Gasteiger partial charge in [0.15, 0.2) is 0 Å². The zero-order chi connectivity index (χ0) is 11.5. The molecule has 0 atom stereocenters. The summed E-state index contributed by atoms with van der Waals surface area (Å²) in [6, 6.07) is 7.80. The van der Waals surface area contributed by atoms with Crippen molar-refractivity contribution in [1.29, 1.82) is 0 Å². The van der Waals surface area contributed by atoms with Gasteiger partial charge in [0.1, 0.15) is 6.61 Å². The lowest BCUT2D eigenvalue weighted by atomic mass is 10.2. The molecule has 0 aliphatic heterocycles. The van der Waals surface area contributed by atoms with Crippen molar-refractivity contribution < 1.29 is 9.53 Å². The summed E-state index contributed by atoms with van der Waals surface area (Å²) in [5, 5.41) is 3.86. The quantitative estimate of drug-likeness (QED) is 0.828. The molecule has 0 spiro atoms. The Kier molecular flexibility index (Phi) is 2.92. The molecule has 0 radical (unpaired) electrons. The number of aryl methyl sites for hydroxylation is 1. The van der Waals surface area contributed by atoms with Crippen LogP contribution in [-0.2, 0) is 9.53 Å². The van der Waals surface area contributed by atoms with Crippen molar-refractivity contribution in [3.05, 3.63) is 30.0 Å². The lowest BCUT2D eigenvalue weighted by Gasteiger charge is -2.04. The predicted molar refractivity (Wildman–Crippen MR) is 63.5 cm³/mol. The van der Waals surface area contributed by atoms with Gasteiger partial charge in [-0.1, -0.05) is 0 Å². The van der Waals surface area contributed by atoms with E-state index < -0.39 is 0 Å². The minimum absolute atomic E-state index is 0.0736. The summed E-state index contributed by atoms with van der Waals surface area (Å²) in [4.78, 5) is 14.5. The molecule has 0 unspecified atom stereocenters. The number of fused-ring (bicyclic) bond motifs is 1. The number of aromatic nitrogens is 1. The van der Waals surface area contributed by atoms with Crippen LogP contribution in [0.25, 0.3) is 10.9 Å². The molecular formula is C12H14N2O2. The topological polar surface area (TPSA) is 54.1 Å². The molecule has 0 aliphatic rings. The number of hydrogen-bond acceptors (Lipinski definition) is 2. The van der Waals surface area contributed by atoms with E-state index in [-0.39, 0.29) is 12.5 Å². The van der Waals surface area contributed by atoms with Crippen molar-refractivity contribution in [2.24, 2.45) is 0 Å². The molecule has 1 heterocycles. The predicted octanol–water partition coefficient (Wildman–Crippen LogP) is 2.06. The van der Waals surface area contributed by atoms with Crippen LogP contribution in [0.1, 0.15) is 5.69 Å². The van der Waals surface area contributed by atoms with E-state index in [1.165, 1.54) is 7.11 Å². The minimum atomic E-state index is -0.144. The molecule has 1 aromatic carbocycles. The summed E-state index contributed by atoms with van der Waals surface area (Å²) in [6.07, 6.45) is 0. The van der Waals surface area contributed by atoms with Gasteiger partial charge in [-0.25, -0.2) is 0 Å². The third kappa shape index (κ3) is 2.23. The third-order valence-electron chi connectivity index (χ3n) is 2.31. The maximum atomic E-state index is 11.3. The van der Waals surface area contributed by atoms with Gasteiger partial charge in [-0.05, 0) is 31.2 Å². The van der Waals surface area contributed by atoms with Gasteiger partial charge in [0.05, 0.1) is 0 Å². The number of hydrogen-bond donors (Lipinski definition) is 2. The van der Waals surface area contributed by atoms with E-state index in [0.717, 1.165) is 22.3 Å². The van der Waals surface area contributed by atoms with E-state index in [0.29, 0.717) is 0 Å². The van der Waals surface area contributed by atoms with Gasteiger partial charge in [0.25, 0.3) is 0 Å². The Morgan fingerprint density at radius 1 is 1.44 bits per heavy atom. The Bertz CT molecular complexity index is 517. The number of nitrogens with one attached hydrogen (secondary N) is 2. The summed E-state index contributed by atoms with van der Waals surface area (Å²) in [5.74, 6) is -0.144. The zero-order valence-corrected chi connectivity index (χ0v) is 9.33. The Labute approximate surface area is 93.6 Å². The maximum absolute atomic E-state index is 11.3. The Hall–Kier alpha value is -1.81. The van der Waals surface area contributed by atoms with Crippen LogP contribution < -0.4 is 5.32 Å². The lowest BCUT2D eigenvalue weighted by molar-refractivity contribution is -0.119. The Morgan fingerprint density at radius 2 is 2.25 bits per heavy atom. The fraction of sp³-hybridized carbons (Fsp3) is 0.250. The van der Waals surface area contributed by atoms with Crippen molar-refractivity contribution in [1.82, 2.24) is 4.98 Å². The largest absolute Gasteiger partial charge is 0.375 e. The first kappa shape index (κ1) is 10.7. The van der Waals surface area contributed by atoms with Crippen molar-refractivity contribution in [3.63, 3.8) is 0 Å². The fourth-order valence-corrected chi connectivity index (χ4v) is 1.68. The van der Waals surface area contributed by atoms with Gasteiger partial charge in [-0.2, -0.15) is 0 Å². The number of methoxy groups -OCH3 is 1. The SMILES string of the molecule is COCC(=O)Nc1ccc2[nH]c(C)cc2c1. The summed E-state index contributed by atoms with van der Waals surface area (Å²) in [5.41, 5.74) is 2.96. The summed E-state index contributed by atoms with van der Waals surface area (Å²) >= 11 is 0. The van der Waals surface area contributed by atoms with Gasteiger partial charge in [0.2, 0.25) is 5.91 Å². The van der Waals surface area contributed by atoms with Crippen LogP contribution in [0.4, 0.5) is 5.69 Å². The van der Waals surface area contributed by atoms with Crippen molar-refractivity contribution >= 4 is 22.5 Å². The minimum Gasteiger partial charge on any atom is -0.375 e. The first-order chi connectivity index (χ1) is 7.69. The van der Waals surface area contributed by atoms with Gasteiger partial charge < -0.3 is 15.0 Å². The van der Waals surface area contributed by atoms with E-state index in [9.17, 15) is 4.79 Å². The first-order valence-electron chi connectivity index (χ1n) is 5.07. The normalized spacial score (nSPS) is 10.6. The number of anilines is 1. The molecule has 1 aromatic heterocycles. The van der Waals surface area contributed by atoms with Crippen molar-refractivity contribution in [3.8, 4) is 0 Å². The van der Waals surface area contributed by atoms with Crippen LogP contribution in [0.5, 0.6) is 0 Å². The van der Waals surface area contributed by atoms with Crippen LogP contribution in [-0.4, -0.2) is 24.6 Å². The summed E-state index contributed by atoms with van der Waals surface area (Å²) in [7, 11) is 1.50. The molecule has 0 saturated carbocycles. The van der Waals surface area contributed by atoms with Crippen LogP contribution >= 0.6 is 0 Å². The van der Waals surface area contributed by atoms with Crippen LogP contribution in [0.2, 0.25) is 0 Å². The number of carbonyl (C=O) groups excluding carboxylic acids is 1. The highest BCUT2D eigenvalue weighted by molar-refractivity contribution is 5.94. The van der Waals surface area contributed by atoms with Crippen LogP contribution in [0, 0.1) is 6.92 Å². The van der Waals surface area contributed by atoms with Gasteiger partial charge in [-0.3, -0.25) is 4.79 Å². The molecule has 84 valence electrons. The average molecular weight is 218 g/mol. The molecule has 4 heteroatoms. The van der Waals surface area contributed by atoms with E-state index >= 15 is 0 Å². The number of H-pyrrole nitrogens is 1. The zero-order valence-electron chi connectivity index (χ0n) is 9.33. The summed E-state index contributed by atoms with van der Waals surface area (Å²) < 4.78 is 4.75. The lowest BCUT2D eigenvalue weighted by Crippen LogP contribution is -2.16. The van der Waals surface area contributed by atoms with Crippen LogP contribution in [0.3, 0.4) is 0 Å². The smallest absolute Gasteiger partial charge is 0.250 e. The Morgan fingerprint density at radius 3 is 3.00 bits per heavy atom. The number of amides is 1. The van der Waals surface area contributed by atoms with E-state index in [2.05, 4.69) is 10.3 Å². The fourth-order valence-electron chi connectivity index (χ4n) is 1.68. The highest BCUT2D eigenvalue weighted by atomic mass is 16.5. The van der Waals surface area contributed by atoms with E-state index in [1.54, 1.807) is 0 Å². The standard InChI is InChI=1S/C12H14N2O2/c1-8-5-9-6-10(3-4-11(9)13-8)14-12(15)7-16-2/h3-6,13H,7H2,1-2H3,(H,14,15). The number of rotatable bonds is 3. The van der Waals surface area contributed by atoms with Crippen molar-refractivity contribution in [2.75, 3.05) is 19.0 Å². The summed E-state index contributed by atoms with van der Waals surface area (Å²) in [6.45, 7) is 2.08. The highest BCUT2D eigenvalue weighted by Crippen LogP contribution is 2.19. The average Bonchev–Trinajstić information content (AvgIpc) is 2.57. The molecule has 1 amide bonds. The highest BCUT2D eigenvalue weighted by Gasteiger charge is 2.03. The molecule has 2 N–H and O–H groups in total. The first-order valence-corrected chi connectivity index (χ1v) is 5.07. The van der Waals surface area contributed by atoms with Gasteiger partial charge >= 0.3 is 0 Å². The second kappa shape index (κ2) is 4.37. The molecule has 2 rings (SSSR count). The molecule has 4 nitrogen and oxygen atoms in total. The second-order valence-electron chi connectivity index (χ2n) is 3.74. The number of carbonyl (C=O) groups is 1. The van der Waals surface area contributed by atoms with E-state index in [1.807, 2.05) is 31.2 Å². The molecule has 0 aliphatic carbocycles. The van der Waals surface area contributed by atoms with E-state index in [4.69, 9.17) is 4.74 Å². The molecule has 0 bridgehead atoms. The molecule has 0 fully saturated rings. The number of aromatic amines is 1. The van der Waals surface area contributed by atoms with Crippen LogP contribution in [0.15, 0.2) is 24.3 Å². The molecule has 2 aromatic rings. The van der Waals surface area contributed by atoms with Gasteiger partial charge in [-0.15, -0.1) is 0 Å². The number of benzene rings is 1. The third-order valence-corrected chi connectivity index (χ3v) is 2.31. The molecule has 0 saturated heterocycles. The van der Waals surface area contributed by atoms with Gasteiger partial charge in [0, 0.05) is 29.4 Å². The monoisotopic (exact) mass is 218 g/mol. The second-order valence-corrected chi connectivity index (χ2v) is 3.74. The van der Waals surface area contributed by atoms with Crippen molar-refractivity contribution in [2.45, 2.75) is 6.92 Å². The molecular weight excluding hydrogens is 204 g/mol. The number of ether oxygens (including phenoxy) is 1. The maximum Gasteiger partial charge on any atom is 0.250 e. The molecule has 16 heavy (non-hydrogen) atoms. The Balaban J connectivity index is 2.22.